The number of carbonyl (C=O) groups excluding carboxylic acids is 2. The number of hydrogen-bond donors (Lipinski definition) is 3. The predicted octanol–water partition coefficient (Wildman–Crippen LogP) is 4.10. The SMILES string of the molecule is NC(=O)Nc1cccc(NC(=O)c2ccccc2-c2ccccc2)c1. The Kier molecular flexibility index (Phi) is 4.76. The van der Waals surface area contributed by atoms with Crippen LogP contribution in [0.3, 0.4) is 0 Å². The molecule has 0 radical (unpaired) electrons. The minimum Gasteiger partial charge on any atom is -0.351 e. The van der Waals surface area contributed by atoms with Crippen molar-refractivity contribution in [1.29, 1.82) is 0 Å². The highest BCUT2D eigenvalue weighted by Gasteiger charge is 2.12. The van der Waals surface area contributed by atoms with Gasteiger partial charge in [-0.05, 0) is 35.4 Å². The standard InChI is InChI=1S/C20H17N3O2/c21-20(25)23-16-10-6-9-15(13-16)22-19(24)18-12-5-4-11-17(18)14-7-2-1-3-8-14/h1-13H,(H,22,24)(H3,21,23,25). The molecule has 0 spiro atoms. The van der Waals surface area contributed by atoms with Crippen molar-refractivity contribution in [2.24, 2.45) is 5.73 Å². The summed E-state index contributed by atoms with van der Waals surface area (Å²) in [4.78, 5) is 23.7. The monoisotopic (exact) mass is 331 g/mol. The number of hydrogen-bond acceptors (Lipinski definition) is 2. The van der Waals surface area contributed by atoms with Gasteiger partial charge in [-0.2, -0.15) is 0 Å². The molecule has 0 bridgehead atoms. The first-order chi connectivity index (χ1) is 12.1. The van der Waals surface area contributed by atoms with Crippen molar-refractivity contribution >= 4 is 23.3 Å². The Bertz CT molecular complexity index is 908. The van der Waals surface area contributed by atoms with E-state index in [1.807, 2.05) is 48.5 Å². The normalized spacial score (nSPS) is 10.1. The molecule has 3 amide bonds. The summed E-state index contributed by atoms with van der Waals surface area (Å²) < 4.78 is 0. The van der Waals surface area contributed by atoms with E-state index < -0.39 is 6.03 Å². The fourth-order valence-corrected chi connectivity index (χ4v) is 2.57. The minimum absolute atomic E-state index is 0.226. The zero-order valence-corrected chi connectivity index (χ0v) is 13.4. The lowest BCUT2D eigenvalue weighted by molar-refractivity contribution is 0.102. The molecule has 5 heteroatoms. The molecule has 124 valence electrons. The highest BCUT2D eigenvalue weighted by atomic mass is 16.2. The van der Waals surface area contributed by atoms with Gasteiger partial charge in [-0.25, -0.2) is 4.79 Å². The fraction of sp³-hybridized carbons (Fsp3) is 0. The Hall–Kier alpha value is -3.60. The molecule has 0 aliphatic rings. The molecular weight excluding hydrogens is 314 g/mol. The van der Waals surface area contributed by atoms with Crippen molar-refractivity contribution in [3.63, 3.8) is 0 Å². The van der Waals surface area contributed by atoms with E-state index in [2.05, 4.69) is 10.6 Å². The summed E-state index contributed by atoms with van der Waals surface area (Å²) in [6, 6.07) is 23.3. The molecule has 3 aromatic carbocycles. The predicted molar refractivity (Wildman–Crippen MR) is 99.5 cm³/mol. The highest BCUT2D eigenvalue weighted by Crippen LogP contribution is 2.24. The van der Waals surface area contributed by atoms with Crippen LogP contribution in [0.4, 0.5) is 16.2 Å². The van der Waals surface area contributed by atoms with Crippen LogP contribution >= 0.6 is 0 Å². The van der Waals surface area contributed by atoms with Crippen LogP contribution in [0.2, 0.25) is 0 Å². The molecule has 0 aliphatic carbocycles. The van der Waals surface area contributed by atoms with Crippen LogP contribution < -0.4 is 16.4 Å². The quantitative estimate of drug-likeness (QED) is 0.672. The van der Waals surface area contributed by atoms with Crippen molar-refractivity contribution < 1.29 is 9.59 Å². The molecule has 0 aliphatic heterocycles. The molecule has 0 aromatic heterocycles. The Labute approximate surface area is 145 Å². The highest BCUT2D eigenvalue weighted by molar-refractivity contribution is 6.09. The van der Waals surface area contributed by atoms with Crippen LogP contribution in [0.25, 0.3) is 11.1 Å². The Balaban J connectivity index is 1.87. The molecule has 3 aromatic rings. The Morgan fingerprint density at radius 1 is 0.720 bits per heavy atom. The maximum atomic E-state index is 12.7. The van der Waals surface area contributed by atoms with Crippen LogP contribution in [-0.4, -0.2) is 11.9 Å². The van der Waals surface area contributed by atoms with E-state index in [9.17, 15) is 9.59 Å². The zero-order chi connectivity index (χ0) is 17.6. The minimum atomic E-state index is -0.655. The third-order valence-corrected chi connectivity index (χ3v) is 3.64. The number of urea groups is 1. The van der Waals surface area contributed by atoms with Crippen LogP contribution in [0.5, 0.6) is 0 Å². The molecule has 4 N–H and O–H groups in total. The van der Waals surface area contributed by atoms with Gasteiger partial charge in [0.15, 0.2) is 0 Å². The second-order valence-electron chi connectivity index (χ2n) is 5.44. The van der Waals surface area contributed by atoms with Crippen molar-refractivity contribution in [3.8, 4) is 11.1 Å². The van der Waals surface area contributed by atoms with Crippen LogP contribution in [0.1, 0.15) is 10.4 Å². The molecule has 0 saturated carbocycles. The van der Waals surface area contributed by atoms with Gasteiger partial charge in [0.2, 0.25) is 0 Å². The van der Waals surface area contributed by atoms with Crippen LogP contribution in [0, 0.1) is 0 Å². The molecule has 5 nitrogen and oxygen atoms in total. The van der Waals surface area contributed by atoms with Crippen molar-refractivity contribution in [1.82, 2.24) is 0 Å². The topological polar surface area (TPSA) is 84.2 Å². The maximum Gasteiger partial charge on any atom is 0.316 e. The third-order valence-electron chi connectivity index (χ3n) is 3.64. The maximum absolute atomic E-state index is 12.7. The van der Waals surface area contributed by atoms with E-state index in [0.29, 0.717) is 16.9 Å². The smallest absolute Gasteiger partial charge is 0.316 e. The van der Waals surface area contributed by atoms with Crippen LogP contribution in [0.15, 0.2) is 78.9 Å². The molecule has 3 rings (SSSR count). The van der Waals surface area contributed by atoms with Gasteiger partial charge in [0, 0.05) is 16.9 Å². The number of carbonyl (C=O) groups is 2. The van der Waals surface area contributed by atoms with E-state index >= 15 is 0 Å². The summed E-state index contributed by atoms with van der Waals surface area (Å²) in [5.41, 5.74) is 8.59. The van der Waals surface area contributed by atoms with E-state index in [1.165, 1.54) is 0 Å². The lowest BCUT2D eigenvalue weighted by atomic mass is 9.99. The van der Waals surface area contributed by atoms with E-state index in [4.69, 9.17) is 5.73 Å². The van der Waals surface area contributed by atoms with Crippen molar-refractivity contribution in [2.75, 3.05) is 10.6 Å². The first kappa shape index (κ1) is 16.3. The largest absolute Gasteiger partial charge is 0.351 e. The summed E-state index contributed by atoms with van der Waals surface area (Å²) in [6.45, 7) is 0. The lowest BCUT2D eigenvalue weighted by Crippen LogP contribution is -2.19. The Morgan fingerprint density at radius 3 is 2.08 bits per heavy atom. The second kappa shape index (κ2) is 7.31. The van der Waals surface area contributed by atoms with Gasteiger partial charge in [-0.1, -0.05) is 54.6 Å². The van der Waals surface area contributed by atoms with Gasteiger partial charge >= 0.3 is 6.03 Å². The molecular formula is C20H17N3O2. The number of nitrogens with one attached hydrogen (secondary N) is 2. The van der Waals surface area contributed by atoms with E-state index in [1.54, 1.807) is 30.3 Å². The molecule has 0 heterocycles. The van der Waals surface area contributed by atoms with Gasteiger partial charge in [0.25, 0.3) is 5.91 Å². The number of nitrogens with two attached hydrogens (primary N) is 1. The number of primary amides is 1. The summed E-state index contributed by atoms with van der Waals surface area (Å²) in [6.07, 6.45) is 0. The molecule has 0 atom stereocenters. The third kappa shape index (κ3) is 4.03. The van der Waals surface area contributed by atoms with Crippen LogP contribution in [-0.2, 0) is 0 Å². The number of amides is 3. The average Bonchev–Trinajstić information content (AvgIpc) is 2.62. The molecule has 0 unspecified atom stereocenters. The molecule has 0 saturated heterocycles. The molecule has 25 heavy (non-hydrogen) atoms. The van der Waals surface area contributed by atoms with Gasteiger partial charge < -0.3 is 16.4 Å². The summed E-state index contributed by atoms with van der Waals surface area (Å²) in [7, 11) is 0. The first-order valence-electron chi connectivity index (χ1n) is 7.76. The van der Waals surface area contributed by atoms with Crippen molar-refractivity contribution in [3.05, 3.63) is 84.4 Å². The second-order valence-corrected chi connectivity index (χ2v) is 5.44. The van der Waals surface area contributed by atoms with Gasteiger partial charge in [-0.15, -0.1) is 0 Å². The number of anilines is 2. The van der Waals surface area contributed by atoms with Crippen molar-refractivity contribution in [2.45, 2.75) is 0 Å². The van der Waals surface area contributed by atoms with Gasteiger partial charge in [0.05, 0.1) is 0 Å². The number of rotatable bonds is 4. The van der Waals surface area contributed by atoms with E-state index in [-0.39, 0.29) is 5.91 Å². The zero-order valence-electron chi connectivity index (χ0n) is 13.4. The fourth-order valence-electron chi connectivity index (χ4n) is 2.57. The summed E-state index contributed by atoms with van der Waals surface area (Å²) in [5, 5.41) is 5.33. The van der Waals surface area contributed by atoms with Gasteiger partial charge in [0.1, 0.15) is 0 Å². The number of benzene rings is 3. The van der Waals surface area contributed by atoms with Gasteiger partial charge in [-0.3, -0.25) is 4.79 Å². The Morgan fingerprint density at radius 2 is 1.36 bits per heavy atom. The lowest BCUT2D eigenvalue weighted by Gasteiger charge is -2.11. The average molecular weight is 331 g/mol. The summed E-state index contributed by atoms with van der Waals surface area (Å²) >= 11 is 0. The first-order valence-corrected chi connectivity index (χ1v) is 7.76. The van der Waals surface area contributed by atoms with E-state index in [0.717, 1.165) is 11.1 Å². The summed E-state index contributed by atoms with van der Waals surface area (Å²) in [5.74, 6) is -0.226. The molecule has 0 fully saturated rings.